The first-order chi connectivity index (χ1) is 4.04. The SMILES string of the molecule is N[13C@@H]([13CH2]C(=O)O)[13C](=O)O. The minimum atomic E-state index is -1.29. The van der Waals surface area contributed by atoms with Gasteiger partial charge in [-0.2, -0.15) is 0 Å². The highest BCUT2D eigenvalue weighted by atomic mass is 16.5. The van der Waals surface area contributed by atoms with Crippen LogP contribution in [-0.4, -0.2) is 28.2 Å². The van der Waals surface area contributed by atoms with E-state index >= 15 is 0 Å². The van der Waals surface area contributed by atoms with Gasteiger partial charge in [0, 0.05) is 0 Å². The van der Waals surface area contributed by atoms with Crippen LogP contribution in [0, 0.1) is 0 Å². The zero-order valence-corrected chi connectivity index (χ0v) is 4.57. The first kappa shape index (κ1) is 7.90. The minimum Gasteiger partial charge on any atom is -0.481 e. The van der Waals surface area contributed by atoms with E-state index in [1.54, 1.807) is 0 Å². The average Bonchev–Trinajstić information content (AvgIpc) is 1.63. The van der Waals surface area contributed by atoms with Gasteiger partial charge in [0.1, 0.15) is 6.04 Å². The van der Waals surface area contributed by atoms with Crippen molar-refractivity contribution in [1.29, 1.82) is 0 Å². The molecule has 0 rings (SSSR count). The van der Waals surface area contributed by atoms with Crippen molar-refractivity contribution < 1.29 is 19.8 Å². The monoisotopic (exact) mass is 136 g/mol. The molecular formula is C4H7NO4. The highest BCUT2D eigenvalue weighted by molar-refractivity contribution is 5.80. The molecule has 0 radical (unpaired) electrons. The van der Waals surface area contributed by atoms with Gasteiger partial charge in [0.15, 0.2) is 0 Å². The summed E-state index contributed by atoms with van der Waals surface area (Å²) in [6, 6.07) is -1.29. The number of hydrogen-bond donors (Lipinski definition) is 3. The Morgan fingerprint density at radius 3 is 2.00 bits per heavy atom. The van der Waals surface area contributed by atoms with Gasteiger partial charge in [0.25, 0.3) is 0 Å². The highest BCUT2D eigenvalue weighted by Crippen LogP contribution is 1.86. The molecular weight excluding hydrogens is 129 g/mol. The van der Waals surface area contributed by atoms with Crippen molar-refractivity contribution in [2.24, 2.45) is 5.73 Å². The molecule has 1 atom stereocenters. The molecule has 9 heavy (non-hydrogen) atoms. The summed E-state index contributed by atoms with van der Waals surface area (Å²) in [5, 5.41) is 16.0. The lowest BCUT2D eigenvalue weighted by atomic mass is 10.9. The molecule has 4 N–H and O–H groups in total. The maximum Gasteiger partial charge on any atom is 0.321 e. The Kier molecular flexibility index (Phi) is 2.66. The molecule has 0 aliphatic carbocycles. The highest BCUT2D eigenvalue weighted by Gasteiger charge is 2.14. The normalized spacial score (nSPS) is 12.6. The first-order valence-corrected chi connectivity index (χ1v) is 2.24. The van der Waals surface area contributed by atoms with E-state index in [1.807, 2.05) is 0 Å². The second kappa shape index (κ2) is 3.03. The van der Waals surface area contributed by atoms with Crippen LogP contribution in [0.2, 0.25) is 0 Å². The minimum absolute atomic E-state index is 0.532. The molecule has 0 unspecified atom stereocenters. The summed E-state index contributed by atoms with van der Waals surface area (Å²) < 4.78 is 0. The Morgan fingerprint density at radius 1 is 1.44 bits per heavy atom. The number of hydrogen-bond acceptors (Lipinski definition) is 3. The Labute approximate surface area is 51.1 Å². The summed E-state index contributed by atoms with van der Waals surface area (Å²) in [6.45, 7) is 0. The van der Waals surface area contributed by atoms with Gasteiger partial charge in [0.2, 0.25) is 0 Å². The summed E-state index contributed by atoms with van der Waals surface area (Å²) in [5.41, 5.74) is 4.84. The molecule has 0 saturated carbocycles. The number of nitrogens with two attached hydrogens (primary N) is 1. The van der Waals surface area contributed by atoms with Crippen LogP contribution in [0.25, 0.3) is 0 Å². The number of carbonyl (C=O) groups is 2. The standard InChI is InChI=1S/C4H7NO4/c5-2(4(8)9)1-3(6)7/h2H,1,5H2,(H,6,7)(H,8,9)/t2-/m0/s1/i1+1,2+1,4+1. The maximum absolute atomic E-state index is 9.85. The zero-order chi connectivity index (χ0) is 7.44. The van der Waals surface area contributed by atoms with E-state index in [0.717, 1.165) is 0 Å². The molecule has 0 aromatic carbocycles. The number of carboxylic acids is 2. The van der Waals surface area contributed by atoms with E-state index in [1.165, 1.54) is 0 Å². The Morgan fingerprint density at radius 2 is 1.89 bits per heavy atom. The zero-order valence-electron chi connectivity index (χ0n) is 4.57. The molecule has 0 spiro atoms. The van der Waals surface area contributed by atoms with Gasteiger partial charge in [-0.05, 0) is 0 Å². The van der Waals surface area contributed by atoms with Crippen molar-refractivity contribution in [3.05, 3.63) is 0 Å². The third-order valence-electron chi connectivity index (χ3n) is 0.712. The quantitative estimate of drug-likeness (QED) is 0.426. The van der Waals surface area contributed by atoms with Gasteiger partial charge >= 0.3 is 11.9 Å². The predicted molar refractivity (Wildman–Crippen MR) is 27.9 cm³/mol. The van der Waals surface area contributed by atoms with E-state index in [4.69, 9.17) is 15.9 Å². The fourth-order valence-electron chi connectivity index (χ4n) is 0.275. The fourth-order valence-corrected chi connectivity index (χ4v) is 0.275. The van der Waals surface area contributed by atoms with Crippen LogP contribution in [0.5, 0.6) is 0 Å². The molecule has 0 aromatic rings. The molecule has 0 amide bonds. The van der Waals surface area contributed by atoms with Crippen LogP contribution >= 0.6 is 0 Å². The average molecular weight is 136 g/mol. The van der Waals surface area contributed by atoms with Gasteiger partial charge in [-0.1, -0.05) is 0 Å². The van der Waals surface area contributed by atoms with Crippen molar-refractivity contribution in [3.63, 3.8) is 0 Å². The molecule has 0 aromatic heterocycles. The number of rotatable bonds is 3. The molecule has 0 aliphatic rings. The molecule has 0 bridgehead atoms. The molecule has 52 valence electrons. The summed E-state index contributed by atoms with van der Waals surface area (Å²) >= 11 is 0. The molecule has 5 nitrogen and oxygen atoms in total. The fraction of sp³-hybridized carbons (Fsp3) is 0.500. The van der Waals surface area contributed by atoms with Crippen LogP contribution in [0.3, 0.4) is 0 Å². The van der Waals surface area contributed by atoms with E-state index < -0.39 is 24.4 Å². The van der Waals surface area contributed by atoms with Gasteiger partial charge < -0.3 is 15.9 Å². The molecule has 0 aliphatic heterocycles. The van der Waals surface area contributed by atoms with E-state index in [0.29, 0.717) is 0 Å². The summed E-state index contributed by atoms with van der Waals surface area (Å²) in [4.78, 5) is 19.6. The third kappa shape index (κ3) is 3.48. The van der Waals surface area contributed by atoms with Crippen molar-refractivity contribution in [2.75, 3.05) is 0 Å². The summed E-state index contributed by atoms with van der Waals surface area (Å²) in [5.74, 6) is -2.50. The first-order valence-electron chi connectivity index (χ1n) is 2.24. The predicted octanol–water partition coefficient (Wildman–Crippen LogP) is -1.13. The summed E-state index contributed by atoms with van der Waals surface area (Å²) in [6.07, 6.45) is -0.532. The van der Waals surface area contributed by atoms with Crippen LogP contribution in [0.15, 0.2) is 0 Å². The number of aliphatic carboxylic acids is 2. The third-order valence-corrected chi connectivity index (χ3v) is 0.712. The largest absolute Gasteiger partial charge is 0.481 e. The topological polar surface area (TPSA) is 101 Å². The molecule has 0 fully saturated rings. The van der Waals surface area contributed by atoms with Crippen LogP contribution < -0.4 is 5.73 Å². The second-order valence-electron chi connectivity index (χ2n) is 1.54. The van der Waals surface area contributed by atoms with E-state index in [-0.39, 0.29) is 0 Å². The van der Waals surface area contributed by atoms with Crippen LogP contribution in [0.1, 0.15) is 6.42 Å². The van der Waals surface area contributed by atoms with Gasteiger partial charge in [-0.25, -0.2) is 0 Å². The van der Waals surface area contributed by atoms with Gasteiger partial charge in [0.05, 0.1) is 6.42 Å². The van der Waals surface area contributed by atoms with Crippen LogP contribution in [-0.2, 0) is 9.59 Å². The Balaban J connectivity index is 3.63. The van der Waals surface area contributed by atoms with E-state index in [9.17, 15) is 9.59 Å². The smallest absolute Gasteiger partial charge is 0.321 e. The Hall–Kier alpha value is -1.10. The molecule has 0 heterocycles. The Bertz CT molecular complexity index is 133. The van der Waals surface area contributed by atoms with Crippen LogP contribution in [0.4, 0.5) is 0 Å². The summed E-state index contributed by atoms with van der Waals surface area (Å²) in [7, 11) is 0. The maximum atomic E-state index is 9.85. The lowest BCUT2D eigenvalue weighted by molar-refractivity contribution is -0.144. The lowest BCUT2D eigenvalue weighted by Crippen LogP contribution is -2.32. The van der Waals surface area contributed by atoms with Gasteiger partial charge in [-0.3, -0.25) is 9.59 Å². The van der Waals surface area contributed by atoms with Crippen molar-refractivity contribution >= 4 is 11.9 Å². The van der Waals surface area contributed by atoms with Gasteiger partial charge in [-0.15, -0.1) is 0 Å². The van der Waals surface area contributed by atoms with Crippen molar-refractivity contribution in [2.45, 2.75) is 12.5 Å². The lowest BCUT2D eigenvalue weighted by Gasteiger charge is -1.99. The number of carboxylic acid groups (broad SMARTS) is 2. The molecule has 5 heteroatoms. The van der Waals surface area contributed by atoms with Crippen molar-refractivity contribution in [1.82, 2.24) is 0 Å². The molecule has 0 saturated heterocycles. The van der Waals surface area contributed by atoms with E-state index in [2.05, 4.69) is 0 Å². The second-order valence-corrected chi connectivity index (χ2v) is 1.54. The van der Waals surface area contributed by atoms with Crippen molar-refractivity contribution in [3.8, 4) is 0 Å².